The molecule has 1 aromatic carbocycles. The van der Waals surface area contributed by atoms with Gasteiger partial charge in [0.15, 0.2) is 5.95 Å². The number of aromatic amines is 1. The predicted molar refractivity (Wildman–Crippen MR) is 53.4 cm³/mol. The van der Waals surface area contributed by atoms with Crippen molar-refractivity contribution in [1.29, 1.82) is 0 Å². The Bertz CT molecular complexity index is 467. The van der Waals surface area contributed by atoms with Gasteiger partial charge in [-0.05, 0) is 18.2 Å². The lowest BCUT2D eigenvalue weighted by atomic mass is 10.2. The van der Waals surface area contributed by atoms with Crippen molar-refractivity contribution in [3.8, 4) is 11.3 Å². The van der Waals surface area contributed by atoms with Crippen LogP contribution in [0.15, 0.2) is 24.4 Å². The van der Waals surface area contributed by atoms with Crippen molar-refractivity contribution in [3.63, 3.8) is 0 Å². The molecular weight excluding hydrogens is 205 g/mol. The van der Waals surface area contributed by atoms with Gasteiger partial charge in [0.05, 0.1) is 16.9 Å². The van der Waals surface area contributed by atoms with Gasteiger partial charge in [-0.25, -0.2) is 9.37 Å². The van der Waals surface area contributed by atoms with E-state index in [1.807, 2.05) is 0 Å². The molecule has 1 heterocycles. The Labute approximate surface area is 84.7 Å². The van der Waals surface area contributed by atoms with Crippen LogP contribution >= 0.6 is 11.6 Å². The molecule has 1 aromatic heterocycles. The lowest BCUT2D eigenvalue weighted by molar-refractivity contribution is 0.628. The van der Waals surface area contributed by atoms with Gasteiger partial charge >= 0.3 is 0 Å². The van der Waals surface area contributed by atoms with E-state index in [9.17, 15) is 4.39 Å². The largest absolute Gasteiger partial charge is 0.369 e. The molecule has 0 spiro atoms. The van der Waals surface area contributed by atoms with Gasteiger partial charge in [0, 0.05) is 5.56 Å². The second-order valence-electron chi connectivity index (χ2n) is 2.81. The maximum Gasteiger partial charge on any atom is 0.197 e. The van der Waals surface area contributed by atoms with Gasteiger partial charge in [0.25, 0.3) is 0 Å². The maximum atomic E-state index is 12.8. The Morgan fingerprint density at radius 2 is 2.21 bits per heavy atom. The number of halogens is 2. The summed E-state index contributed by atoms with van der Waals surface area (Å²) >= 11 is 5.63. The van der Waals surface area contributed by atoms with E-state index in [1.165, 1.54) is 12.1 Å². The minimum atomic E-state index is -0.442. The first-order chi connectivity index (χ1) is 6.66. The first-order valence-electron chi connectivity index (χ1n) is 3.93. The molecule has 0 bridgehead atoms. The molecule has 0 fully saturated rings. The molecule has 0 amide bonds. The van der Waals surface area contributed by atoms with Gasteiger partial charge in [-0.2, -0.15) is 0 Å². The van der Waals surface area contributed by atoms with Crippen LogP contribution in [-0.2, 0) is 0 Å². The van der Waals surface area contributed by atoms with Crippen molar-refractivity contribution < 1.29 is 4.39 Å². The SMILES string of the molecule is Nc1ncc(-c2ccc(F)c(Cl)c2)[nH]1. The monoisotopic (exact) mass is 211 g/mol. The number of imidazole rings is 1. The van der Waals surface area contributed by atoms with Crippen molar-refractivity contribution >= 4 is 17.5 Å². The zero-order chi connectivity index (χ0) is 10.1. The fourth-order valence-corrected chi connectivity index (χ4v) is 1.33. The molecule has 0 unspecified atom stereocenters. The van der Waals surface area contributed by atoms with E-state index < -0.39 is 5.82 Å². The highest BCUT2D eigenvalue weighted by Gasteiger charge is 2.04. The summed E-state index contributed by atoms with van der Waals surface area (Å²) in [5, 5.41) is 0.0793. The topological polar surface area (TPSA) is 54.7 Å². The summed E-state index contributed by atoms with van der Waals surface area (Å²) in [7, 11) is 0. The second-order valence-corrected chi connectivity index (χ2v) is 3.22. The third-order valence-corrected chi connectivity index (χ3v) is 2.12. The minimum Gasteiger partial charge on any atom is -0.369 e. The average Bonchev–Trinajstić information content (AvgIpc) is 2.57. The predicted octanol–water partition coefficient (Wildman–Crippen LogP) is 2.45. The first-order valence-corrected chi connectivity index (χ1v) is 4.30. The summed E-state index contributed by atoms with van der Waals surface area (Å²) in [5.74, 6) is -0.122. The zero-order valence-electron chi connectivity index (χ0n) is 7.09. The molecule has 5 heteroatoms. The van der Waals surface area contributed by atoms with E-state index in [1.54, 1.807) is 12.3 Å². The normalized spacial score (nSPS) is 10.4. The molecule has 0 aliphatic heterocycles. The van der Waals surface area contributed by atoms with E-state index in [-0.39, 0.29) is 5.02 Å². The van der Waals surface area contributed by atoms with Crippen LogP contribution in [0.5, 0.6) is 0 Å². The molecule has 0 saturated carbocycles. The van der Waals surface area contributed by atoms with Crippen LogP contribution < -0.4 is 5.73 Å². The molecular formula is C9H7ClFN3. The van der Waals surface area contributed by atoms with E-state index in [4.69, 9.17) is 17.3 Å². The van der Waals surface area contributed by atoms with Crippen molar-refractivity contribution in [2.75, 3.05) is 5.73 Å². The Hall–Kier alpha value is -1.55. The number of H-pyrrole nitrogens is 1. The molecule has 0 radical (unpaired) electrons. The number of hydrogen-bond donors (Lipinski definition) is 2. The summed E-state index contributed by atoms with van der Waals surface area (Å²) in [6.45, 7) is 0. The van der Waals surface area contributed by atoms with Gasteiger partial charge in [-0.1, -0.05) is 11.6 Å². The highest BCUT2D eigenvalue weighted by molar-refractivity contribution is 6.31. The molecule has 0 atom stereocenters. The van der Waals surface area contributed by atoms with E-state index in [0.717, 1.165) is 5.56 Å². The van der Waals surface area contributed by atoms with Crippen molar-refractivity contribution in [2.45, 2.75) is 0 Å². The van der Waals surface area contributed by atoms with Gasteiger partial charge in [0.1, 0.15) is 5.82 Å². The second kappa shape index (κ2) is 3.31. The quantitative estimate of drug-likeness (QED) is 0.761. The van der Waals surface area contributed by atoms with Crippen LogP contribution in [0, 0.1) is 5.82 Å². The highest BCUT2D eigenvalue weighted by atomic mass is 35.5. The third kappa shape index (κ3) is 1.56. The number of aromatic nitrogens is 2. The third-order valence-electron chi connectivity index (χ3n) is 1.83. The smallest absolute Gasteiger partial charge is 0.197 e. The molecule has 3 N–H and O–H groups in total. The fourth-order valence-electron chi connectivity index (χ4n) is 1.15. The van der Waals surface area contributed by atoms with Crippen LogP contribution in [0.2, 0.25) is 5.02 Å². The lowest BCUT2D eigenvalue weighted by Gasteiger charge is -1.98. The van der Waals surface area contributed by atoms with Crippen LogP contribution in [-0.4, -0.2) is 9.97 Å². The minimum absolute atomic E-state index is 0.0793. The van der Waals surface area contributed by atoms with Crippen LogP contribution in [0.3, 0.4) is 0 Å². The molecule has 14 heavy (non-hydrogen) atoms. The lowest BCUT2D eigenvalue weighted by Crippen LogP contribution is -1.86. The number of rotatable bonds is 1. The molecule has 2 aromatic rings. The van der Waals surface area contributed by atoms with Crippen LogP contribution in [0.1, 0.15) is 0 Å². The van der Waals surface area contributed by atoms with Gasteiger partial charge in [0.2, 0.25) is 0 Å². The number of nitrogen functional groups attached to an aromatic ring is 1. The van der Waals surface area contributed by atoms with Crippen LogP contribution in [0.25, 0.3) is 11.3 Å². The molecule has 2 rings (SSSR count). The summed E-state index contributed by atoms with van der Waals surface area (Å²) in [6.07, 6.45) is 1.57. The number of benzene rings is 1. The molecule has 0 saturated heterocycles. The molecule has 0 aliphatic carbocycles. The number of nitrogens with two attached hydrogens (primary N) is 1. The Morgan fingerprint density at radius 1 is 1.43 bits per heavy atom. The summed E-state index contributed by atoms with van der Waals surface area (Å²) in [6, 6.07) is 4.42. The van der Waals surface area contributed by atoms with Crippen molar-refractivity contribution in [3.05, 3.63) is 35.2 Å². The Morgan fingerprint density at radius 3 is 2.79 bits per heavy atom. The molecule has 0 aliphatic rings. The number of nitrogens with one attached hydrogen (secondary N) is 1. The van der Waals surface area contributed by atoms with Crippen molar-refractivity contribution in [1.82, 2.24) is 9.97 Å². The van der Waals surface area contributed by atoms with E-state index in [0.29, 0.717) is 11.6 Å². The summed E-state index contributed by atoms with van der Waals surface area (Å²) < 4.78 is 12.8. The fraction of sp³-hybridized carbons (Fsp3) is 0. The molecule has 3 nitrogen and oxygen atoms in total. The zero-order valence-corrected chi connectivity index (χ0v) is 7.85. The molecule has 72 valence electrons. The average molecular weight is 212 g/mol. The van der Waals surface area contributed by atoms with Gasteiger partial charge < -0.3 is 10.7 Å². The van der Waals surface area contributed by atoms with Crippen molar-refractivity contribution in [2.24, 2.45) is 0 Å². The van der Waals surface area contributed by atoms with Crippen LogP contribution in [0.4, 0.5) is 10.3 Å². The van der Waals surface area contributed by atoms with Gasteiger partial charge in [-0.3, -0.25) is 0 Å². The highest BCUT2D eigenvalue weighted by Crippen LogP contribution is 2.23. The van der Waals surface area contributed by atoms with E-state index >= 15 is 0 Å². The standard InChI is InChI=1S/C9H7ClFN3/c10-6-3-5(1-2-7(6)11)8-4-13-9(12)14-8/h1-4H,(H3,12,13,14). The first kappa shape index (κ1) is 9.02. The van der Waals surface area contributed by atoms with E-state index in [2.05, 4.69) is 9.97 Å². The Kier molecular flexibility index (Phi) is 2.13. The number of anilines is 1. The summed E-state index contributed by atoms with van der Waals surface area (Å²) in [5.41, 5.74) is 6.87. The Balaban J connectivity index is 2.47. The van der Waals surface area contributed by atoms with Gasteiger partial charge in [-0.15, -0.1) is 0 Å². The maximum absolute atomic E-state index is 12.8. The number of hydrogen-bond acceptors (Lipinski definition) is 2. The number of nitrogens with zero attached hydrogens (tertiary/aromatic N) is 1. The summed E-state index contributed by atoms with van der Waals surface area (Å²) in [4.78, 5) is 6.66.